The van der Waals surface area contributed by atoms with Crippen molar-refractivity contribution in [1.29, 1.82) is 0 Å². The third-order valence-electron chi connectivity index (χ3n) is 2.14. The smallest absolute Gasteiger partial charge is 0.341 e. The molecule has 1 aromatic carbocycles. The summed E-state index contributed by atoms with van der Waals surface area (Å²) in [4.78, 5) is 24.9. The predicted molar refractivity (Wildman–Crippen MR) is 56.5 cm³/mol. The van der Waals surface area contributed by atoms with Crippen LogP contribution in [0.15, 0.2) is 23.1 Å². The summed E-state index contributed by atoms with van der Waals surface area (Å²) in [6.07, 6.45) is 1.04. The first-order valence-corrected chi connectivity index (χ1v) is 4.62. The molecule has 0 atom stereocenters. The highest BCUT2D eigenvalue weighted by Gasteiger charge is 2.13. The van der Waals surface area contributed by atoms with Crippen LogP contribution in [0.3, 0.4) is 0 Å². The molecule has 0 spiro atoms. The molecule has 2 rings (SSSR count). The van der Waals surface area contributed by atoms with Crippen molar-refractivity contribution in [3.63, 3.8) is 0 Å². The van der Waals surface area contributed by atoms with E-state index in [4.69, 9.17) is 16.7 Å². The summed E-state index contributed by atoms with van der Waals surface area (Å²) < 4.78 is 13.0. The molecule has 0 fully saturated rings. The number of rotatable bonds is 1. The molecule has 6 heteroatoms. The van der Waals surface area contributed by atoms with Crippen LogP contribution in [-0.2, 0) is 0 Å². The Morgan fingerprint density at radius 3 is 2.75 bits per heavy atom. The van der Waals surface area contributed by atoms with Crippen molar-refractivity contribution in [2.24, 2.45) is 0 Å². The fourth-order valence-corrected chi connectivity index (χ4v) is 1.67. The van der Waals surface area contributed by atoms with E-state index in [9.17, 15) is 14.0 Å². The number of aromatic amines is 1. The highest BCUT2D eigenvalue weighted by atomic mass is 35.5. The molecule has 0 radical (unpaired) electrons. The van der Waals surface area contributed by atoms with E-state index < -0.39 is 22.8 Å². The van der Waals surface area contributed by atoms with E-state index in [0.717, 1.165) is 18.3 Å². The number of hydrogen-bond acceptors (Lipinski definition) is 2. The van der Waals surface area contributed by atoms with Crippen LogP contribution in [0.2, 0.25) is 5.02 Å². The van der Waals surface area contributed by atoms with Gasteiger partial charge in [-0.25, -0.2) is 9.18 Å². The number of pyridine rings is 1. The molecule has 0 unspecified atom stereocenters. The normalized spacial score (nSPS) is 10.6. The zero-order chi connectivity index (χ0) is 11.9. The number of nitrogens with one attached hydrogen (secondary N) is 1. The van der Waals surface area contributed by atoms with Crippen molar-refractivity contribution in [2.75, 3.05) is 0 Å². The number of carboxylic acid groups (broad SMARTS) is 1. The standard InChI is InChI=1S/C10H5ClFNO3/c11-7-2-4(12)1-5-8(7)13-3-6(9(5)14)10(15)16/h1-3H,(H,13,14)(H,15,16). The summed E-state index contributed by atoms with van der Waals surface area (Å²) in [6, 6.07) is 1.99. The second-order valence-corrected chi connectivity index (χ2v) is 3.55. The van der Waals surface area contributed by atoms with Gasteiger partial charge in [0.1, 0.15) is 11.4 Å². The van der Waals surface area contributed by atoms with E-state index in [1.54, 1.807) is 0 Å². The summed E-state index contributed by atoms with van der Waals surface area (Å²) >= 11 is 5.71. The van der Waals surface area contributed by atoms with Crippen molar-refractivity contribution in [2.45, 2.75) is 0 Å². The Balaban J connectivity index is 2.95. The molecule has 1 heterocycles. The summed E-state index contributed by atoms with van der Waals surface area (Å²) in [5.41, 5.74) is -0.991. The van der Waals surface area contributed by atoms with Gasteiger partial charge in [-0.1, -0.05) is 11.6 Å². The molecule has 16 heavy (non-hydrogen) atoms. The molecular formula is C10H5ClFNO3. The number of aromatic nitrogens is 1. The first-order chi connectivity index (χ1) is 7.50. The van der Waals surface area contributed by atoms with E-state index in [1.807, 2.05) is 0 Å². The van der Waals surface area contributed by atoms with Crippen LogP contribution in [0.5, 0.6) is 0 Å². The van der Waals surface area contributed by atoms with Crippen LogP contribution in [-0.4, -0.2) is 16.1 Å². The predicted octanol–water partition coefficient (Wildman–Crippen LogP) is 2.02. The number of halogens is 2. The van der Waals surface area contributed by atoms with Crippen LogP contribution in [0, 0.1) is 5.82 Å². The van der Waals surface area contributed by atoms with Gasteiger partial charge in [-0.05, 0) is 12.1 Å². The topological polar surface area (TPSA) is 70.2 Å². The minimum atomic E-state index is -1.37. The third kappa shape index (κ3) is 1.55. The fourth-order valence-electron chi connectivity index (χ4n) is 1.41. The second-order valence-electron chi connectivity index (χ2n) is 3.15. The lowest BCUT2D eigenvalue weighted by molar-refractivity contribution is 0.0695. The van der Waals surface area contributed by atoms with Crippen LogP contribution < -0.4 is 5.43 Å². The van der Waals surface area contributed by atoms with E-state index in [0.29, 0.717) is 0 Å². The summed E-state index contributed by atoms with van der Waals surface area (Å²) in [6.45, 7) is 0. The van der Waals surface area contributed by atoms with Crippen molar-refractivity contribution in [3.8, 4) is 0 Å². The van der Waals surface area contributed by atoms with Gasteiger partial charge >= 0.3 is 5.97 Å². The largest absolute Gasteiger partial charge is 0.477 e. The van der Waals surface area contributed by atoms with Gasteiger partial charge in [0.05, 0.1) is 15.9 Å². The molecule has 0 bridgehead atoms. The quantitative estimate of drug-likeness (QED) is 0.802. The molecule has 0 amide bonds. The van der Waals surface area contributed by atoms with Gasteiger partial charge in [-0.2, -0.15) is 0 Å². The molecule has 0 aliphatic heterocycles. The maximum Gasteiger partial charge on any atom is 0.341 e. The lowest BCUT2D eigenvalue weighted by atomic mass is 10.1. The summed E-state index contributed by atoms with van der Waals surface area (Å²) in [7, 11) is 0. The molecule has 0 aliphatic carbocycles. The molecule has 0 saturated carbocycles. The molecule has 4 nitrogen and oxygen atoms in total. The van der Waals surface area contributed by atoms with Crippen molar-refractivity contribution >= 4 is 28.5 Å². The van der Waals surface area contributed by atoms with E-state index in [2.05, 4.69) is 4.98 Å². The number of benzene rings is 1. The van der Waals surface area contributed by atoms with Gasteiger partial charge in [0.25, 0.3) is 0 Å². The fraction of sp³-hybridized carbons (Fsp3) is 0. The van der Waals surface area contributed by atoms with Gasteiger partial charge in [0.2, 0.25) is 5.43 Å². The molecule has 0 aliphatic rings. The SMILES string of the molecule is O=C(O)c1c[nH]c2c(Cl)cc(F)cc2c1=O. The average Bonchev–Trinajstić information content (AvgIpc) is 2.19. The zero-order valence-corrected chi connectivity index (χ0v) is 8.51. The lowest BCUT2D eigenvalue weighted by Gasteiger charge is -2.02. The highest BCUT2D eigenvalue weighted by Crippen LogP contribution is 2.20. The zero-order valence-electron chi connectivity index (χ0n) is 7.75. The van der Waals surface area contributed by atoms with Crippen LogP contribution in [0.1, 0.15) is 10.4 Å². The molecular weight excluding hydrogens is 237 g/mol. The monoisotopic (exact) mass is 241 g/mol. The van der Waals surface area contributed by atoms with Crippen LogP contribution in [0.25, 0.3) is 10.9 Å². The summed E-state index contributed by atoms with van der Waals surface area (Å²) in [5.74, 6) is -2.06. The second kappa shape index (κ2) is 3.61. The Morgan fingerprint density at radius 2 is 2.12 bits per heavy atom. The van der Waals surface area contributed by atoms with E-state index in [1.165, 1.54) is 0 Å². The summed E-state index contributed by atoms with van der Waals surface area (Å²) in [5, 5.41) is 8.67. The molecule has 82 valence electrons. The Hall–Kier alpha value is -1.88. The van der Waals surface area contributed by atoms with E-state index >= 15 is 0 Å². The van der Waals surface area contributed by atoms with Crippen LogP contribution in [0.4, 0.5) is 4.39 Å². The minimum Gasteiger partial charge on any atom is -0.477 e. The molecule has 2 N–H and O–H groups in total. The van der Waals surface area contributed by atoms with Crippen molar-refractivity contribution < 1.29 is 14.3 Å². The first kappa shape index (κ1) is 10.6. The molecule has 1 aromatic heterocycles. The maximum absolute atomic E-state index is 13.0. The number of aromatic carboxylic acids is 1. The Kier molecular flexibility index (Phi) is 2.40. The molecule has 0 saturated heterocycles. The minimum absolute atomic E-state index is 0.0315. The highest BCUT2D eigenvalue weighted by molar-refractivity contribution is 6.35. The Bertz CT molecular complexity index is 650. The van der Waals surface area contributed by atoms with Gasteiger partial charge in [0.15, 0.2) is 0 Å². The number of fused-ring (bicyclic) bond motifs is 1. The van der Waals surface area contributed by atoms with Gasteiger partial charge in [-0.3, -0.25) is 4.79 Å². The maximum atomic E-state index is 13.0. The van der Waals surface area contributed by atoms with Gasteiger partial charge in [0, 0.05) is 6.20 Å². The number of carbonyl (C=O) groups is 1. The average molecular weight is 242 g/mol. The number of hydrogen-bond donors (Lipinski definition) is 2. The van der Waals surface area contributed by atoms with Gasteiger partial charge in [-0.15, -0.1) is 0 Å². The van der Waals surface area contributed by atoms with Crippen molar-refractivity contribution in [1.82, 2.24) is 4.98 Å². The Morgan fingerprint density at radius 1 is 1.44 bits per heavy atom. The van der Waals surface area contributed by atoms with Crippen LogP contribution >= 0.6 is 11.6 Å². The van der Waals surface area contributed by atoms with Gasteiger partial charge < -0.3 is 10.1 Å². The molecule has 2 aromatic rings. The third-order valence-corrected chi connectivity index (χ3v) is 2.43. The first-order valence-electron chi connectivity index (χ1n) is 4.24. The number of H-pyrrole nitrogens is 1. The lowest BCUT2D eigenvalue weighted by Crippen LogP contribution is -2.15. The number of carboxylic acids is 1. The van der Waals surface area contributed by atoms with E-state index in [-0.39, 0.29) is 15.9 Å². The Labute approximate surface area is 93.3 Å². The van der Waals surface area contributed by atoms with Crippen molar-refractivity contribution in [3.05, 3.63) is 45.0 Å².